The Labute approximate surface area is 158 Å². The number of amides is 2. The van der Waals surface area contributed by atoms with E-state index in [0.717, 1.165) is 17.7 Å². The largest absolute Gasteiger partial charge is 0.416 e. The van der Waals surface area contributed by atoms with Gasteiger partial charge in [-0.2, -0.15) is 13.2 Å². The van der Waals surface area contributed by atoms with Crippen molar-refractivity contribution in [2.24, 2.45) is 5.92 Å². The normalized spacial score (nSPS) is 17.3. The lowest BCUT2D eigenvalue weighted by Crippen LogP contribution is -2.28. The number of aryl methyl sites for hydroxylation is 1. The van der Waals surface area contributed by atoms with E-state index in [9.17, 15) is 22.8 Å². The molecule has 1 heterocycles. The van der Waals surface area contributed by atoms with Crippen LogP contribution >= 0.6 is 11.6 Å². The van der Waals surface area contributed by atoms with E-state index in [1.165, 1.54) is 17.0 Å². The molecule has 1 aliphatic heterocycles. The molecule has 0 aliphatic carbocycles. The van der Waals surface area contributed by atoms with Crippen molar-refractivity contribution < 1.29 is 22.8 Å². The van der Waals surface area contributed by atoms with Crippen molar-refractivity contribution in [1.29, 1.82) is 0 Å². The predicted octanol–water partition coefficient (Wildman–Crippen LogP) is 4.66. The molecular formula is C19H16ClF3N2O2. The third-order valence-electron chi connectivity index (χ3n) is 4.42. The number of carbonyl (C=O) groups excluding carboxylic acids is 2. The lowest BCUT2D eigenvalue weighted by atomic mass is 10.1. The van der Waals surface area contributed by atoms with Crippen molar-refractivity contribution in [2.45, 2.75) is 19.5 Å². The number of hydrogen-bond acceptors (Lipinski definition) is 2. The molecule has 2 aromatic carbocycles. The smallest absolute Gasteiger partial charge is 0.326 e. The Morgan fingerprint density at radius 2 is 1.96 bits per heavy atom. The Balaban J connectivity index is 1.72. The number of nitrogens with zero attached hydrogens (tertiary/aromatic N) is 1. The van der Waals surface area contributed by atoms with Crippen LogP contribution < -0.4 is 10.2 Å². The summed E-state index contributed by atoms with van der Waals surface area (Å²) in [5.74, 6) is -1.39. The molecule has 1 aliphatic rings. The maximum absolute atomic E-state index is 12.8. The summed E-state index contributed by atoms with van der Waals surface area (Å²) in [6.45, 7) is 1.98. The minimum absolute atomic E-state index is 0.0176. The number of anilines is 2. The van der Waals surface area contributed by atoms with Crippen molar-refractivity contribution in [3.05, 3.63) is 58.6 Å². The fourth-order valence-corrected chi connectivity index (χ4v) is 3.07. The first-order valence-electron chi connectivity index (χ1n) is 8.20. The van der Waals surface area contributed by atoms with E-state index in [2.05, 4.69) is 5.32 Å². The highest BCUT2D eigenvalue weighted by Crippen LogP contribution is 2.32. The van der Waals surface area contributed by atoms with Crippen LogP contribution in [-0.2, 0) is 15.8 Å². The van der Waals surface area contributed by atoms with E-state index < -0.39 is 23.6 Å². The highest BCUT2D eigenvalue weighted by molar-refractivity contribution is 6.31. The molecule has 1 atom stereocenters. The summed E-state index contributed by atoms with van der Waals surface area (Å²) in [5.41, 5.74) is 0.647. The topological polar surface area (TPSA) is 49.4 Å². The first-order valence-corrected chi connectivity index (χ1v) is 8.57. The molecular weight excluding hydrogens is 381 g/mol. The molecule has 3 rings (SSSR count). The Bertz CT molecular complexity index is 899. The predicted molar refractivity (Wildman–Crippen MR) is 96.7 cm³/mol. The molecule has 0 spiro atoms. The quantitative estimate of drug-likeness (QED) is 0.820. The zero-order chi connectivity index (χ0) is 19.8. The number of rotatable bonds is 3. The molecule has 0 unspecified atom stereocenters. The van der Waals surface area contributed by atoms with Crippen LogP contribution in [0.3, 0.4) is 0 Å². The van der Waals surface area contributed by atoms with Gasteiger partial charge in [0.2, 0.25) is 11.8 Å². The molecule has 0 aromatic heterocycles. The molecule has 4 nitrogen and oxygen atoms in total. The van der Waals surface area contributed by atoms with Crippen LogP contribution in [0.4, 0.5) is 24.5 Å². The molecule has 2 amide bonds. The maximum Gasteiger partial charge on any atom is 0.416 e. The SMILES string of the molecule is Cc1ccc(N2C[C@H](C(=O)Nc3cccc(C(F)(F)F)c3)CC2=O)cc1Cl. The fraction of sp³-hybridized carbons (Fsp3) is 0.263. The molecule has 1 saturated heterocycles. The second kappa shape index (κ2) is 7.23. The van der Waals surface area contributed by atoms with Gasteiger partial charge in [-0.05, 0) is 42.8 Å². The summed E-state index contributed by atoms with van der Waals surface area (Å²) in [6, 6.07) is 9.57. The summed E-state index contributed by atoms with van der Waals surface area (Å²) >= 11 is 6.09. The van der Waals surface area contributed by atoms with E-state index in [1.54, 1.807) is 18.2 Å². The summed E-state index contributed by atoms with van der Waals surface area (Å²) in [4.78, 5) is 26.2. The van der Waals surface area contributed by atoms with E-state index in [4.69, 9.17) is 11.6 Å². The third-order valence-corrected chi connectivity index (χ3v) is 4.83. The monoisotopic (exact) mass is 396 g/mol. The standard InChI is InChI=1S/C19H16ClF3N2O2/c1-11-5-6-15(9-16(11)20)25-10-12(7-17(25)26)18(27)24-14-4-2-3-13(8-14)19(21,22)23/h2-6,8-9,12H,7,10H2,1H3,(H,24,27)/t12-/m1/s1. The zero-order valence-electron chi connectivity index (χ0n) is 14.3. The van der Waals surface area contributed by atoms with Gasteiger partial charge in [0.25, 0.3) is 0 Å². The van der Waals surface area contributed by atoms with Gasteiger partial charge in [-0.25, -0.2) is 0 Å². The van der Waals surface area contributed by atoms with Crippen molar-refractivity contribution >= 4 is 34.8 Å². The van der Waals surface area contributed by atoms with Crippen molar-refractivity contribution in [1.82, 2.24) is 0 Å². The summed E-state index contributed by atoms with van der Waals surface area (Å²) in [6.07, 6.45) is -4.51. The van der Waals surface area contributed by atoms with Gasteiger partial charge in [-0.15, -0.1) is 0 Å². The molecule has 8 heteroatoms. The Morgan fingerprint density at radius 1 is 1.22 bits per heavy atom. The van der Waals surface area contributed by atoms with Crippen molar-refractivity contribution in [2.75, 3.05) is 16.8 Å². The first-order chi connectivity index (χ1) is 12.6. The van der Waals surface area contributed by atoms with Crippen molar-refractivity contribution in [3.63, 3.8) is 0 Å². The van der Waals surface area contributed by atoms with Gasteiger partial charge in [-0.1, -0.05) is 23.7 Å². The minimum Gasteiger partial charge on any atom is -0.326 e. The van der Waals surface area contributed by atoms with E-state index in [-0.39, 0.29) is 24.6 Å². The number of nitrogens with one attached hydrogen (secondary N) is 1. The van der Waals surface area contributed by atoms with Crippen LogP contribution in [-0.4, -0.2) is 18.4 Å². The van der Waals surface area contributed by atoms with Gasteiger partial charge in [0, 0.05) is 29.4 Å². The molecule has 2 aromatic rings. The third kappa shape index (κ3) is 4.24. The van der Waals surface area contributed by atoms with Crippen molar-refractivity contribution in [3.8, 4) is 0 Å². The van der Waals surface area contributed by atoms with Gasteiger partial charge in [0.1, 0.15) is 0 Å². The zero-order valence-corrected chi connectivity index (χ0v) is 15.1. The van der Waals surface area contributed by atoms with Crippen LogP contribution in [0.5, 0.6) is 0 Å². The van der Waals surface area contributed by atoms with Gasteiger partial charge >= 0.3 is 6.18 Å². The number of alkyl halides is 3. The number of carbonyl (C=O) groups is 2. The second-order valence-corrected chi connectivity index (χ2v) is 6.81. The Morgan fingerprint density at radius 3 is 2.63 bits per heavy atom. The van der Waals surface area contributed by atoms with Crippen LogP contribution in [0.2, 0.25) is 5.02 Å². The Hall–Kier alpha value is -2.54. The van der Waals surface area contributed by atoms with Crippen LogP contribution in [0.15, 0.2) is 42.5 Å². The van der Waals surface area contributed by atoms with Gasteiger partial charge in [-0.3, -0.25) is 9.59 Å². The van der Waals surface area contributed by atoms with E-state index >= 15 is 0 Å². The molecule has 1 fully saturated rings. The maximum atomic E-state index is 12.8. The number of hydrogen-bond donors (Lipinski definition) is 1. The molecule has 27 heavy (non-hydrogen) atoms. The first kappa shape index (κ1) is 19.2. The molecule has 1 N–H and O–H groups in total. The summed E-state index contributed by atoms with van der Waals surface area (Å²) in [7, 11) is 0. The second-order valence-electron chi connectivity index (χ2n) is 6.41. The molecule has 0 bridgehead atoms. The Kier molecular flexibility index (Phi) is 5.15. The highest BCUT2D eigenvalue weighted by atomic mass is 35.5. The van der Waals surface area contributed by atoms with Gasteiger partial charge in [0.15, 0.2) is 0 Å². The lowest BCUT2D eigenvalue weighted by molar-refractivity contribution is -0.137. The molecule has 0 saturated carbocycles. The summed E-state index contributed by atoms with van der Waals surface area (Å²) < 4.78 is 38.3. The highest BCUT2D eigenvalue weighted by Gasteiger charge is 2.36. The van der Waals surface area contributed by atoms with E-state index in [1.807, 2.05) is 6.92 Å². The number of benzene rings is 2. The van der Waals surface area contributed by atoms with Gasteiger partial charge in [0.05, 0.1) is 11.5 Å². The van der Waals surface area contributed by atoms with Crippen LogP contribution in [0.25, 0.3) is 0 Å². The number of halogens is 4. The minimum atomic E-state index is -4.49. The van der Waals surface area contributed by atoms with Gasteiger partial charge < -0.3 is 10.2 Å². The van der Waals surface area contributed by atoms with E-state index in [0.29, 0.717) is 10.7 Å². The summed E-state index contributed by atoms with van der Waals surface area (Å²) in [5, 5.41) is 2.98. The molecule has 142 valence electrons. The molecule has 0 radical (unpaired) electrons. The van der Waals surface area contributed by atoms with Crippen LogP contribution in [0.1, 0.15) is 17.5 Å². The average Bonchev–Trinajstić information content (AvgIpc) is 2.99. The lowest BCUT2D eigenvalue weighted by Gasteiger charge is -2.17. The average molecular weight is 397 g/mol. The fourth-order valence-electron chi connectivity index (χ4n) is 2.90. The van der Waals surface area contributed by atoms with Crippen LogP contribution in [0, 0.1) is 12.8 Å².